The quantitative estimate of drug-likeness (QED) is 0.455. The van der Waals surface area contributed by atoms with Crippen molar-refractivity contribution in [3.63, 3.8) is 0 Å². The molecule has 2 aromatic carbocycles. The topological polar surface area (TPSA) is 76.9 Å². The maximum Gasteiger partial charge on any atom is 0.238 e. The highest BCUT2D eigenvalue weighted by atomic mass is 35.5. The van der Waals surface area contributed by atoms with Gasteiger partial charge in [-0.05, 0) is 36.4 Å². The van der Waals surface area contributed by atoms with E-state index in [0.29, 0.717) is 28.0 Å². The van der Waals surface area contributed by atoms with Crippen LogP contribution in [0.5, 0.6) is 0 Å². The van der Waals surface area contributed by atoms with Crippen molar-refractivity contribution in [1.29, 1.82) is 0 Å². The zero-order valence-corrected chi connectivity index (χ0v) is 17.9. The van der Waals surface area contributed by atoms with Gasteiger partial charge in [-0.2, -0.15) is 0 Å². The summed E-state index contributed by atoms with van der Waals surface area (Å²) in [6, 6.07) is 14.6. The van der Waals surface area contributed by atoms with E-state index in [-0.39, 0.29) is 22.7 Å². The van der Waals surface area contributed by atoms with Gasteiger partial charge in [0.25, 0.3) is 0 Å². The molecule has 148 valence electrons. The number of ketones is 1. The fourth-order valence-electron chi connectivity index (χ4n) is 2.89. The number of nitrogens with one attached hydrogen (secondary N) is 1. The molecule has 1 atom stereocenters. The Bertz CT molecular complexity index is 1070. The van der Waals surface area contributed by atoms with Gasteiger partial charge in [-0.15, -0.1) is 22.0 Å². The highest BCUT2D eigenvalue weighted by molar-refractivity contribution is 8.01. The van der Waals surface area contributed by atoms with Gasteiger partial charge in [-0.1, -0.05) is 35.5 Å². The van der Waals surface area contributed by atoms with Crippen molar-refractivity contribution in [2.45, 2.75) is 21.7 Å². The molecule has 9 heteroatoms. The van der Waals surface area contributed by atoms with Crippen molar-refractivity contribution in [1.82, 2.24) is 14.8 Å². The van der Waals surface area contributed by atoms with E-state index in [1.54, 1.807) is 24.3 Å². The summed E-state index contributed by atoms with van der Waals surface area (Å²) in [7, 11) is 1.85. The van der Waals surface area contributed by atoms with Crippen LogP contribution in [0.3, 0.4) is 0 Å². The first-order valence-electron chi connectivity index (χ1n) is 8.87. The Morgan fingerprint density at radius 2 is 1.97 bits per heavy atom. The van der Waals surface area contributed by atoms with Crippen molar-refractivity contribution in [3.8, 4) is 0 Å². The minimum absolute atomic E-state index is 0.00459. The molecule has 4 rings (SSSR count). The molecule has 0 saturated heterocycles. The molecule has 1 N–H and O–H groups in total. The smallest absolute Gasteiger partial charge is 0.238 e. The molecule has 1 aliphatic heterocycles. The molecule has 0 saturated carbocycles. The SMILES string of the molecule is Cn1c(CC2Sc3ccccc3NC2=O)nnc1SCC(=O)c1ccc(Cl)cc1. The molecule has 0 spiro atoms. The van der Waals surface area contributed by atoms with E-state index in [2.05, 4.69) is 15.5 Å². The summed E-state index contributed by atoms with van der Waals surface area (Å²) < 4.78 is 1.84. The number of para-hydroxylation sites is 1. The Labute approximate surface area is 181 Å². The van der Waals surface area contributed by atoms with Gasteiger partial charge in [0.1, 0.15) is 5.82 Å². The summed E-state index contributed by atoms with van der Waals surface area (Å²) >= 11 is 8.72. The van der Waals surface area contributed by atoms with Crippen LogP contribution in [-0.2, 0) is 18.3 Å². The lowest BCUT2D eigenvalue weighted by atomic mass is 10.1. The van der Waals surface area contributed by atoms with Gasteiger partial charge in [-0.3, -0.25) is 9.59 Å². The van der Waals surface area contributed by atoms with Gasteiger partial charge in [0, 0.05) is 29.0 Å². The zero-order chi connectivity index (χ0) is 20.4. The van der Waals surface area contributed by atoms with Gasteiger partial charge >= 0.3 is 0 Å². The lowest BCUT2D eigenvalue weighted by Crippen LogP contribution is -2.31. The summed E-state index contributed by atoms with van der Waals surface area (Å²) in [5, 5.41) is 12.3. The number of halogens is 1. The Morgan fingerprint density at radius 1 is 1.21 bits per heavy atom. The second kappa shape index (κ2) is 8.61. The number of hydrogen-bond donors (Lipinski definition) is 1. The molecule has 3 aromatic rings. The first kappa shape index (κ1) is 20.0. The molecule has 6 nitrogen and oxygen atoms in total. The van der Waals surface area contributed by atoms with Crippen LogP contribution in [0.2, 0.25) is 5.02 Å². The number of thioether (sulfide) groups is 2. The minimum Gasteiger partial charge on any atom is -0.324 e. The van der Waals surface area contributed by atoms with Gasteiger partial charge in [0.05, 0.1) is 16.7 Å². The molecule has 0 fully saturated rings. The third-order valence-corrected chi connectivity index (χ3v) is 7.05. The number of amides is 1. The highest BCUT2D eigenvalue weighted by Gasteiger charge is 2.28. The number of carbonyl (C=O) groups excluding carboxylic acids is 2. The number of aromatic nitrogens is 3. The molecule has 0 aliphatic carbocycles. The number of anilines is 1. The molecule has 1 amide bonds. The van der Waals surface area contributed by atoms with Crippen LogP contribution < -0.4 is 5.32 Å². The van der Waals surface area contributed by atoms with Crippen LogP contribution in [0, 0.1) is 0 Å². The van der Waals surface area contributed by atoms with Gasteiger partial charge in [0.15, 0.2) is 10.9 Å². The van der Waals surface area contributed by atoms with Crippen LogP contribution in [-0.4, -0.2) is 37.5 Å². The predicted octanol–water partition coefficient (Wildman–Crippen LogP) is 4.10. The Balaban J connectivity index is 1.40. The van der Waals surface area contributed by atoms with Crippen LogP contribution in [0.25, 0.3) is 0 Å². The first-order valence-corrected chi connectivity index (χ1v) is 11.1. The summed E-state index contributed by atoms with van der Waals surface area (Å²) in [4.78, 5) is 25.8. The lowest BCUT2D eigenvalue weighted by molar-refractivity contribution is -0.115. The molecule has 1 aromatic heterocycles. The molecule has 0 bridgehead atoms. The van der Waals surface area contributed by atoms with E-state index in [1.807, 2.05) is 35.9 Å². The second-order valence-corrected chi connectivity index (χ2v) is 9.10. The number of nitrogens with zero attached hydrogens (tertiary/aromatic N) is 3. The Morgan fingerprint density at radius 3 is 2.76 bits per heavy atom. The third-order valence-electron chi connectivity index (χ3n) is 4.50. The van der Waals surface area contributed by atoms with Crippen LogP contribution in [0.1, 0.15) is 16.2 Å². The second-order valence-electron chi connectivity index (χ2n) is 6.47. The summed E-state index contributed by atoms with van der Waals surface area (Å²) in [5.74, 6) is 0.914. The number of carbonyl (C=O) groups is 2. The third kappa shape index (κ3) is 4.49. The van der Waals surface area contributed by atoms with Crippen LogP contribution in [0.15, 0.2) is 58.6 Å². The molecule has 0 radical (unpaired) electrons. The Hall–Kier alpha value is -2.29. The average Bonchev–Trinajstić information content (AvgIpc) is 3.06. The van der Waals surface area contributed by atoms with E-state index < -0.39 is 0 Å². The molecular weight excluding hydrogens is 428 g/mol. The highest BCUT2D eigenvalue weighted by Crippen LogP contribution is 2.36. The normalized spacial score (nSPS) is 15.7. The van der Waals surface area contributed by atoms with Crippen LogP contribution >= 0.6 is 35.1 Å². The average molecular weight is 445 g/mol. The monoisotopic (exact) mass is 444 g/mol. The molecule has 2 heterocycles. The predicted molar refractivity (Wildman–Crippen MR) is 116 cm³/mol. The molecular formula is C20H17ClN4O2S2. The van der Waals surface area contributed by atoms with Crippen molar-refractivity contribution < 1.29 is 9.59 Å². The fraction of sp³-hybridized carbons (Fsp3) is 0.200. The maximum atomic E-state index is 12.4. The van der Waals surface area contributed by atoms with Gasteiger partial charge in [-0.25, -0.2) is 0 Å². The minimum atomic E-state index is -0.277. The fourth-order valence-corrected chi connectivity index (χ4v) is 4.95. The standard InChI is InChI=1S/C20H17ClN4O2S2/c1-25-18(10-17-19(27)22-14-4-2-3-5-16(14)29-17)23-24-20(25)28-11-15(26)12-6-8-13(21)9-7-12/h2-9,17H,10-11H2,1H3,(H,22,27). The zero-order valence-electron chi connectivity index (χ0n) is 15.5. The number of Topliss-reactive ketones (excluding diaryl/α,β-unsaturated/α-hetero) is 1. The lowest BCUT2D eigenvalue weighted by Gasteiger charge is -2.23. The number of fused-ring (bicyclic) bond motifs is 1. The van der Waals surface area contributed by atoms with Crippen molar-refractivity contribution in [2.24, 2.45) is 7.05 Å². The first-order chi connectivity index (χ1) is 14.0. The van der Waals surface area contributed by atoms with Crippen molar-refractivity contribution in [3.05, 3.63) is 64.9 Å². The molecule has 29 heavy (non-hydrogen) atoms. The van der Waals surface area contributed by atoms with Crippen molar-refractivity contribution >= 4 is 52.5 Å². The molecule has 1 aliphatic rings. The molecule has 1 unspecified atom stereocenters. The van der Waals surface area contributed by atoms with E-state index >= 15 is 0 Å². The summed E-state index contributed by atoms with van der Waals surface area (Å²) in [6.07, 6.45) is 0.458. The summed E-state index contributed by atoms with van der Waals surface area (Å²) in [5.41, 5.74) is 1.45. The van der Waals surface area contributed by atoms with E-state index in [4.69, 9.17) is 11.6 Å². The van der Waals surface area contributed by atoms with E-state index in [1.165, 1.54) is 23.5 Å². The van der Waals surface area contributed by atoms with E-state index in [0.717, 1.165) is 10.6 Å². The van der Waals surface area contributed by atoms with Gasteiger partial charge < -0.3 is 9.88 Å². The van der Waals surface area contributed by atoms with E-state index in [9.17, 15) is 9.59 Å². The Kier molecular flexibility index (Phi) is 5.94. The van der Waals surface area contributed by atoms with Gasteiger partial charge in [0.2, 0.25) is 5.91 Å². The number of benzene rings is 2. The maximum absolute atomic E-state index is 12.4. The number of rotatable bonds is 6. The summed E-state index contributed by atoms with van der Waals surface area (Å²) in [6.45, 7) is 0. The largest absolute Gasteiger partial charge is 0.324 e. The van der Waals surface area contributed by atoms with Crippen LogP contribution in [0.4, 0.5) is 5.69 Å². The number of hydrogen-bond acceptors (Lipinski definition) is 6. The van der Waals surface area contributed by atoms with Crippen molar-refractivity contribution in [2.75, 3.05) is 11.1 Å².